The molecule has 0 radical (unpaired) electrons. The molecule has 0 bridgehead atoms. The molecule has 2 unspecified atom stereocenters. The van der Waals surface area contributed by atoms with Crippen molar-refractivity contribution < 1.29 is 14.3 Å². The summed E-state index contributed by atoms with van der Waals surface area (Å²) in [5, 5.41) is 12.0. The Kier molecular flexibility index (Phi) is 10.9. The van der Waals surface area contributed by atoms with Gasteiger partial charge in [0.15, 0.2) is 0 Å². The average molecular weight is 420 g/mol. The van der Waals surface area contributed by atoms with Crippen molar-refractivity contribution in [2.45, 2.75) is 83.0 Å². The van der Waals surface area contributed by atoms with Crippen LogP contribution in [0.5, 0.6) is 0 Å². The lowest BCUT2D eigenvalue weighted by molar-refractivity contribution is -0.129. The number of nitrogens with one attached hydrogen (secondary N) is 1. The summed E-state index contributed by atoms with van der Waals surface area (Å²) in [6.07, 6.45) is 2.66. The van der Waals surface area contributed by atoms with E-state index in [2.05, 4.69) is 53.4 Å². The minimum Gasteiger partial charge on any atom is -0.403 e. The highest BCUT2D eigenvalue weighted by atomic mass is 28.4. The molecule has 1 aromatic carbocycles. The Morgan fingerprint density at radius 3 is 2.07 bits per heavy atom. The van der Waals surface area contributed by atoms with Crippen LogP contribution in [0.15, 0.2) is 43.0 Å². The average Bonchev–Trinajstić information content (AvgIpc) is 2.68. The van der Waals surface area contributed by atoms with Crippen molar-refractivity contribution in [3.8, 4) is 0 Å². The Balaban J connectivity index is 3.30. The van der Waals surface area contributed by atoms with Crippen LogP contribution in [0.4, 0.5) is 0 Å². The van der Waals surface area contributed by atoms with E-state index in [4.69, 9.17) is 9.53 Å². The normalized spacial score (nSPS) is 14.3. The highest BCUT2D eigenvalue weighted by Gasteiger charge is 2.48. The first-order valence-corrected chi connectivity index (χ1v) is 13.1. The van der Waals surface area contributed by atoms with E-state index in [-0.39, 0.29) is 18.4 Å². The van der Waals surface area contributed by atoms with Gasteiger partial charge in [-0.1, -0.05) is 78.0 Å². The summed E-state index contributed by atoms with van der Waals surface area (Å²) < 4.78 is 6.96. The highest BCUT2D eigenvalue weighted by Crippen LogP contribution is 2.44. The second-order valence-corrected chi connectivity index (χ2v) is 14.2. The number of amides is 1. The van der Waals surface area contributed by atoms with E-state index < -0.39 is 14.4 Å². The molecule has 0 aliphatic carbocycles. The van der Waals surface area contributed by atoms with E-state index in [0.29, 0.717) is 29.6 Å². The van der Waals surface area contributed by atoms with Crippen LogP contribution >= 0.6 is 0 Å². The van der Waals surface area contributed by atoms with Gasteiger partial charge in [-0.15, -0.1) is 6.58 Å². The van der Waals surface area contributed by atoms with E-state index in [9.17, 15) is 4.79 Å². The van der Waals surface area contributed by atoms with Crippen LogP contribution in [-0.2, 0) is 9.22 Å². The molecule has 0 aliphatic rings. The first-order valence-electron chi connectivity index (χ1n) is 11.0. The number of rotatable bonds is 13. The van der Waals surface area contributed by atoms with Gasteiger partial charge in [-0.2, -0.15) is 0 Å². The molecule has 164 valence electrons. The molecule has 0 aliphatic heterocycles. The quantitative estimate of drug-likeness (QED) is 0.255. The second-order valence-electron chi connectivity index (χ2n) is 8.75. The van der Waals surface area contributed by atoms with Gasteiger partial charge in [-0.05, 0) is 35.0 Å². The number of carbonyl (C=O) groups excluding carboxylic acids is 1. The molecular formula is C24H41NO3Si. The summed E-state index contributed by atoms with van der Waals surface area (Å²) in [4.78, 5) is 13.3. The van der Waals surface area contributed by atoms with Crippen molar-refractivity contribution >= 4 is 14.2 Å². The molecule has 4 nitrogen and oxygen atoms in total. The number of carbonyl (C=O) groups is 1. The molecule has 1 amide bonds. The molecule has 0 spiro atoms. The number of unbranched alkanes of at least 4 members (excludes halogenated alkanes) is 1. The van der Waals surface area contributed by atoms with Crippen LogP contribution in [0, 0.1) is 0 Å². The van der Waals surface area contributed by atoms with Gasteiger partial charge in [0.2, 0.25) is 14.2 Å². The number of aliphatic hydroxyl groups excluding tert-OH is 1. The lowest BCUT2D eigenvalue weighted by Crippen LogP contribution is -2.54. The molecule has 0 aromatic heterocycles. The number of hydrogen-bond acceptors (Lipinski definition) is 3. The topological polar surface area (TPSA) is 58.6 Å². The van der Waals surface area contributed by atoms with Crippen LogP contribution in [-0.4, -0.2) is 38.6 Å². The smallest absolute Gasteiger partial charge is 0.248 e. The summed E-state index contributed by atoms with van der Waals surface area (Å²) in [7, 11) is -2.27. The summed E-state index contributed by atoms with van der Waals surface area (Å²) in [5.74, 6) is -0.298. The fourth-order valence-electron chi connectivity index (χ4n) is 4.58. The molecule has 29 heavy (non-hydrogen) atoms. The zero-order valence-corrected chi connectivity index (χ0v) is 20.2. The van der Waals surface area contributed by atoms with Gasteiger partial charge >= 0.3 is 0 Å². The van der Waals surface area contributed by atoms with Crippen LogP contribution < -0.4 is 5.32 Å². The fraction of sp³-hybridized carbons (Fsp3) is 0.625. The minimum absolute atomic E-state index is 0.0875. The van der Waals surface area contributed by atoms with Crippen molar-refractivity contribution in [2.24, 2.45) is 0 Å². The third-order valence-electron chi connectivity index (χ3n) is 5.95. The van der Waals surface area contributed by atoms with Crippen LogP contribution in [0.2, 0.25) is 16.6 Å². The molecule has 2 N–H and O–H groups in total. The summed E-state index contributed by atoms with van der Waals surface area (Å²) in [5.41, 5.74) is 2.19. The first kappa shape index (κ1) is 25.6. The Labute approximate surface area is 178 Å². The number of benzene rings is 1. The predicted molar refractivity (Wildman–Crippen MR) is 125 cm³/mol. The Morgan fingerprint density at radius 1 is 1.07 bits per heavy atom. The highest BCUT2D eigenvalue weighted by molar-refractivity contribution is 6.77. The van der Waals surface area contributed by atoms with Gasteiger partial charge in [0.25, 0.3) is 0 Å². The maximum atomic E-state index is 13.3. The van der Waals surface area contributed by atoms with E-state index in [1.165, 1.54) is 0 Å². The monoisotopic (exact) mass is 419 g/mol. The lowest BCUT2D eigenvalue weighted by Gasteiger charge is -2.45. The zero-order chi connectivity index (χ0) is 22.0. The van der Waals surface area contributed by atoms with Crippen LogP contribution in [0.1, 0.15) is 65.9 Å². The third kappa shape index (κ3) is 6.53. The van der Waals surface area contributed by atoms with Crippen molar-refractivity contribution in [1.82, 2.24) is 5.32 Å². The maximum Gasteiger partial charge on any atom is 0.248 e. The van der Waals surface area contributed by atoms with Crippen molar-refractivity contribution in [1.29, 1.82) is 0 Å². The molecular weight excluding hydrogens is 378 g/mol. The molecule has 0 fully saturated rings. The molecule has 0 heterocycles. The number of aliphatic hydroxyl groups is 1. The van der Waals surface area contributed by atoms with Gasteiger partial charge in [0, 0.05) is 19.1 Å². The molecule has 2 atom stereocenters. The largest absolute Gasteiger partial charge is 0.403 e. The van der Waals surface area contributed by atoms with E-state index in [1.807, 2.05) is 36.4 Å². The molecule has 0 saturated heterocycles. The lowest BCUT2D eigenvalue weighted by atomic mass is 9.93. The molecule has 1 rings (SSSR count). The molecule has 0 saturated carbocycles. The van der Waals surface area contributed by atoms with Crippen LogP contribution in [0.3, 0.4) is 0 Å². The first-order chi connectivity index (χ1) is 13.7. The predicted octanol–water partition coefficient (Wildman–Crippen LogP) is 5.41. The summed E-state index contributed by atoms with van der Waals surface area (Å²) in [6.45, 7) is 18.1. The molecule has 5 heteroatoms. The molecule has 1 aromatic rings. The van der Waals surface area contributed by atoms with Crippen molar-refractivity contribution in [3.63, 3.8) is 0 Å². The summed E-state index contributed by atoms with van der Waals surface area (Å²) >= 11 is 0. The third-order valence-corrected chi connectivity index (χ3v) is 12.0. The van der Waals surface area contributed by atoms with Gasteiger partial charge in [-0.3, -0.25) is 4.79 Å². The standard InChI is InChI=1S/C24H41NO3Si/c1-8-22(21-14-10-9-11-15-21)23(24(27)25-16-12-13-17-26)28-29(18(2)3,19(4)5)20(6)7/h8-11,14-15,18-20,22-23,26H,1,12-13,16-17H2,2-7H3,(H,25,27). The SMILES string of the molecule is C=CC(c1ccccc1)C(O[Si](C(C)C)(C(C)C)C(C)C)C(=O)NCCCCO. The van der Waals surface area contributed by atoms with Crippen molar-refractivity contribution in [2.75, 3.05) is 13.2 Å². The van der Waals surface area contributed by atoms with E-state index in [1.54, 1.807) is 0 Å². The fourth-order valence-corrected chi connectivity index (χ4v) is 10.1. The van der Waals surface area contributed by atoms with Gasteiger partial charge in [0.1, 0.15) is 6.10 Å². The Bertz CT molecular complexity index is 594. The Morgan fingerprint density at radius 2 is 1.62 bits per heavy atom. The number of hydrogen-bond donors (Lipinski definition) is 2. The zero-order valence-electron chi connectivity index (χ0n) is 19.2. The maximum absolute atomic E-state index is 13.3. The van der Waals surface area contributed by atoms with Crippen LogP contribution in [0.25, 0.3) is 0 Å². The Hall–Kier alpha value is -1.43. The summed E-state index contributed by atoms with van der Waals surface area (Å²) in [6, 6.07) is 10.0. The van der Waals surface area contributed by atoms with Gasteiger partial charge in [-0.25, -0.2) is 0 Å². The van der Waals surface area contributed by atoms with Crippen molar-refractivity contribution in [3.05, 3.63) is 48.6 Å². The van der Waals surface area contributed by atoms with E-state index in [0.717, 1.165) is 12.0 Å². The van der Waals surface area contributed by atoms with Gasteiger partial charge in [0.05, 0.1) is 0 Å². The minimum atomic E-state index is -2.27. The second kappa shape index (κ2) is 12.3. The van der Waals surface area contributed by atoms with Gasteiger partial charge < -0.3 is 14.8 Å². The van der Waals surface area contributed by atoms with E-state index >= 15 is 0 Å².